The Labute approximate surface area is 299 Å². The monoisotopic (exact) mass is 730 g/mol. The number of benzene rings is 3. The van der Waals surface area contributed by atoms with Crippen molar-refractivity contribution in [3.63, 3.8) is 0 Å². The number of hydrogen-bond acceptors (Lipinski definition) is 11. The van der Waals surface area contributed by atoms with Crippen LogP contribution in [-0.2, 0) is 38.1 Å². The molecule has 0 saturated carbocycles. The lowest BCUT2D eigenvalue weighted by atomic mass is 10.2. The summed E-state index contributed by atoms with van der Waals surface area (Å²) in [4.78, 5) is 34.2. The minimum Gasteiger partial charge on any atom is -0.491 e. The van der Waals surface area contributed by atoms with Gasteiger partial charge in [0, 0.05) is 18.6 Å². The second-order valence-corrected chi connectivity index (χ2v) is 10.7. The molecule has 1 aliphatic heterocycles. The van der Waals surface area contributed by atoms with Gasteiger partial charge in [-0.3, -0.25) is 4.79 Å². The number of hydrogen-bond donors (Lipinski definition) is 0. The zero-order valence-electron chi connectivity index (χ0n) is 28.8. The predicted octanol–water partition coefficient (Wildman–Crippen LogP) is 6.30. The minimum absolute atomic E-state index is 0.0136. The Kier molecular flexibility index (Phi) is 18.3. The molecular weight excluding hydrogens is 689 g/mol. The van der Waals surface area contributed by atoms with E-state index in [1.807, 2.05) is 0 Å². The van der Waals surface area contributed by atoms with E-state index in [2.05, 4.69) is 0 Å². The van der Waals surface area contributed by atoms with Crippen molar-refractivity contribution < 1.29 is 65.4 Å². The summed E-state index contributed by atoms with van der Waals surface area (Å²) in [5, 5.41) is 0. The van der Waals surface area contributed by atoms with Crippen molar-refractivity contribution in [2.75, 3.05) is 39.8 Å². The first-order valence-corrected chi connectivity index (χ1v) is 16.4. The normalized spacial score (nSPS) is 14.9. The standard InChI is InChI=1S/C27H30F2O8.C11H11FO3/c1-3-32-26(30)15-13-24(17-34-22-9-5-20(28)6-10-22)36-19-37-25(14-16-27(31)33-4-2)18-35-23-11-7-21(29)8-12-23;12-8-1-3-9(4-2-8)14-7-10-5-6-11(13)15-10/h5-16,24-25H,3-4,17-19H2,1-2H3;1-4,10H,5-7H2/t24-,25?;10-/m10/s1. The summed E-state index contributed by atoms with van der Waals surface area (Å²) in [5.41, 5.74) is 0. The van der Waals surface area contributed by atoms with Crippen LogP contribution < -0.4 is 14.2 Å². The van der Waals surface area contributed by atoms with Crippen LogP contribution in [0, 0.1) is 17.5 Å². The lowest BCUT2D eigenvalue weighted by Gasteiger charge is -2.19. The highest BCUT2D eigenvalue weighted by atomic mass is 19.1. The largest absolute Gasteiger partial charge is 0.491 e. The molecule has 0 bridgehead atoms. The number of esters is 3. The van der Waals surface area contributed by atoms with Gasteiger partial charge in [-0.1, -0.05) is 0 Å². The van der Waals surface area contributed by atoms with E-state index in [1.54, 1.807) is 26.0 Å². The molecule has 280 valence electrons. The van der Waals surface area contributed by atoms with E-state index >= 15 is 0 Å². The maximum atomic E-state index is 13.1. The van der Waals surface area contributed by atoms with Gasteiger partial charge in [0.2, 0.25) is 0 Å². The number of rotatable bonds is 19. The van der Waals surface area contributed by atoms with Crippen LogP contribution in [0.2, 0.25) is 0 Å². The molecule has 3 aromatic carbocycles. The van der Waals surface area contributed by atoms with Crippen molar-refractivity contribution >= 4 is 17.9 Å². The van der Waals surface area contributed by atoms with Gasteiger partial charge in [-0.15, -0.1) is 0 Å². The summed E-state index contributed by atoms with van der Waals surface area (Å²) in [6, 6.07) is 16.6. The third-order valence-electron chi connectivity index (χ3n) is 6.71. The van der Waals surface area contributed by atoms with Crippen molar-refractivity contribution in [2.24, 2.45) is 0 Å². The highest BCUT2D eigenvalue weighted by Crippen LogP contribution is 2.17. The molecule has 1 saturated heterocycles. The van der Waals surface area contributed by atoms with Crippen LogP contribution in [-0.4, -0.2) is 76.0 Å². The molecule has 11 nitrogen and oxygen atoms in total. The van der Waals surface area contributed by atoms with Crippen molar-refractivity contribution in [3.8, 4) is 17.2 Å². The quantitative estimate of drug-likeness (QED) is 0.0598. The molecule has 3 aromatic rings. The fraction of sp³-hybridized carbons (Fsp3) is 0.342. The van der Waals surface area contributed by atoms with E-state index in [4.69, 9.17) is 37.9 Å². The molecule has 14 heteroatoms. The maximum absolute atomic E-state index is 13.1. The molecule has 3 atom stereocenters. The first-order valence-electron chi connectivity index (χ1n) is 16.4. The van der Waals surface area contributed by atoms with Gasteiger partial charge < -0.3 is 37.9 Å². The van der Waals surface area contributed by atoms with Crippen LogP contribution in [0.4, 0.5) is 13.2 Å². The molecule has 52 heavy (non-hydrogen) atoms. The van der Waals surface area contributed by atoms with Crippen molar-refractivity contribution in [1.82, 2.24) is 0 Å². The number of ether oxygens (including phenoxy) is 8. The summed E-state index contributed by atoms with van der Waals surface area (Å²) in [5.74, 6) is -0.993. The van der Waals surface area contributed by atoms with E-state index in [0.717, 1.165) is 0 Å². The smallest absolute Gasteiger partial charge is 0.330 e. The van der Waals surface area contributed by atoms with E-state index in [1.165, 1.54) is 85.0 Å². The van der Waals surface area contributed by atoms with Crippen LogP contribution in [0.5, 0.6) is 17.2 Å². The molecule has 4 rings (SSSR count). The van der Waals surface area contributed by atoms with Crippen LogP contribution in [0.25, 0.3) is 0 Å². The number of cyclic esters (lactones) is 1. The van der Waals surface area contributed by atoms with Gasteiger partial charge in [-0.05, 0) is 105 Å². The zero-order chi connectivity index (χ0) is 37.6. The summed E-state index contributed by atoms with van der Waals surface area (Å²) in [7, 11) is 0. The van der Waals surface area contributed by atoms with E-state index in [9.17, 15) is 27.6 Å². The summed E-state index contributed by atoms with van der Waals surface area (Å²) >= 11 is 0. The Bertz CT molecular complexity index is 1480. The molecule has 0 radical (unpaired) electrons. The van der Waals surface area contributed by atoms with Crippen LogP contribution >= 0.6 is 0 Å². The first-order chi connectivity index (χ1) is 25.1. The molecule has 1 heterocycles. The average Bonchev–Trinajstić information content (AvgIpc) is 3.56. The molecule has 0 aromatic heterocycles. The van der Waals surface area contributed by atoms with Crippen LogP contribution in [0.15, 0.2) is 97.1 Å². The lowest BCUT2D eigenvalue weighted by Crippen LogP contribution is -2.26. The van der Waals surface area contributed by atoms with Gasteiger partial charge in [0.25, 0.3) is 0 Å². The number of carbonyl (C=O) groups is 3. The fourth-order valence-corrected chi connectivity index (χ4v) is 4.12. The average molecular weight is 731 g/mol. The number of halogens is 3. The minimum atomic E-state index is -0.734. The third-order valence-corrected chi connectivity index (χ3v) is 6.71. The van der Waals surface area contributed by atoms with Crippen molar-refractivity contribution in [1.29, 1.82) is 0 Å². The van der Waals surface area contributed by atoms with E-state index in [0.29, 0.717) is 36.7 Å². The molecule has 0 amide bonds. The van der Waals surface area contributed by atoms with Gasteiger partial charge in [-0.2, -0.15) is 0 Å². The topological polar surface area (TPSA) is 125 Å². The Morgan fingerprint density at radius 1 is 0.692 bits per heavy atom. The van der Waals surface area contributed by atoms with Crippen LogP contribution in [0.1, 0.15) is 26.7 Å². The lowest BCUT2D eigenvalue weighted by molar-refractivity contribution is -0.142. The summed E-state index contributed by atoms with van der Waals surface area (Å²) in [6.07, 6.45) is 4.83. The van der Waals surface area contributed by atoms with Crippen molar-refractivity contribution in [3.05, 3.63) is 115 Å². The second kappa shape index (κ2) is 23.2. The highest BCUT2D eigenvalue weighted by Gasteiger charge is 2.23. The fourth-order valence-electron chi connectivity index (χ4n) is 4.12. The van der Waals surface area contributed by atoms with E-state index in [-0.39, 0.29) is 51.1 Å². The Balaban J connectivity index is 0.000000400. The molecule has 0 N–H and O–H groups in total. The molecule has 0 spiro atoms. The van der Waals surface area contributed by atoms with E-state index < -0.39 is 35.8 Å². The molecule has 1 fully saturated rings. The molecular formula is C38H41F3O11. The maximum Gasteiger partial charge on any atom is 0.330 e. The molecule has 0 aliphatic carbocycles. The Hall–Kier alpha value is -5.34. The molecule has 1 unspecified atom stereocenters. The van der Waals surface area contributed by atoms with Gasteiger partial charge >= 0.3 is 17.9 Å². The van der Waals surface area contributed by atoms with Gasteiger partial charge in [0.1, 0.15) is 79.6 Å². The number of carbonyl (C=O) groups excluding carboxylic acids is 3. The Morgan fingerprint density at radius 2 is 1.10 bits per heavy atom. The highest BCUT2D eigenvalue weighted by molar-refractivity contribution is 5.82. The van der Waals surface area contributed by atoms with Gasteiger partial charge in [0.15, 0.2) is 0 Å². The molecule has 1 aliphatic rings. The predicted molar refractivity (Wildman–Crippen MR) is 181 cm³/mol. The SMILES string of the molecule is CCOC(=O)C=CC(COc1ccc(F)cc1)OCO[C@H](C=CC(=O)OCC)COc1ccc(F)cc1.O=C1CC[C@@H](COc2ccc(F)cc2)O1. The van der Waals surface area contributed by atoms with Crippen molar-refractivity contribution in [2.45, 2.75) is 45.0 Å². The van der Waals surface area contributed by atoms with Crippen LogP contribution in [0.3, 0.4) is 0 Å². The first kappa shape index (κ1) is 41.1. The zero-order valence-corrected chi connectivity index (χ0v) is 28.8. The summed E-state index contributed by atoms with van der Waals surface area (Å²) in [6.45, 7) is 3.83. The third kappa shape index (κ3) is 17.1. The second-order valence-electron chi connectivity index (χ2n) is 10.7. The summed E-state index contributed by atoms with van der Waals surface area (Å²) < 4.78 is 81.5. The van der Waals surface area contributed by atoms with Gasteiger partial charge in [0.05, 0.1) is 13.2 Å². The van der Waals surface area contributed by atoms with Gasteiger partial charge in [-0.25, -0.2) is 22.8 Å². The Morgan fingerprint density at radius 3 is 1.46 bits per heavy atom.